The van der Waals surface area contributed by atoms with Crippen LogP contribution in [-0.2, 0) is 0 Å². The molecule has 3 heteroatoms. The van der Waals surface area contributed by atoms with Crippen LogP contribution in [0.3, 0.4) is 0 Å². The van der Waals surface area contributed by atoms with E-state index < -0.39 is 166 Å². The summed E-state index contributed by atoms with van der Waals surface area (Å²) in [5.41, 5.74) is -1.14. The van der Waals surface area contributed by atoms with Gasteiger partial charge in [0.1, 0.15) is 0 Å². The molecule has 0 amide bonds. The molecular weight excluding hydrogens is 691 g/mol. The predicted molar refractivity (Wildman–Crippen MR) is 240 cm³/mol. The van der Waals surface area contributed by atoms with Crippen molar-refractivity contribution in [2.75, 3.05) is 0 Å². The summed E-state index contributed by atoms with van der Waals surface area (Å²) < 4.78 is 199. The van der Waals surface area contributed by atoms with E-state index >= 15 is 0 Å². The standard InChI is InChI=1S/C54H35N3/c1-3-14-36(15-4-1)37-26-30-41(31-27-37)55-48-22-10-8-19-43(48)46-34-38(28-32-51(46)55)39-29-33-52-47(35-39)44-20-9-12-24-50(44)57(52)53-25-13-21-45-42-18-7-11-23-49(42)56(54(45)53)40-16-5-2-6-17-40/h1-35H/i7D,8D,9D,10D,11D,12D,13D,18D,19D,20D,21D,22D,23D,24D,25D,28D,29D,32D,33D,34D,35D. The molecule has 0 aliphatic heterocycles. The lowest BCUT2D eigenvalue weighted by atomic mass is 10.0. The number of fused-ring (bicyclic) bond motifs is 9. The van der Waals surface area contributed by atoms with Gasteiger partial charge in [0.25, 0.3) is 0 Å². The molecule has 0 atom stereocenters. The Morgan fingerprint density at radius 2 is 0.754 bits per heavy atom. The van der Waals surface area contributed by atoms with Crippen molar-refractivity contribution in [2.45, 2.75) is 0 Å². The molecule has 0 bridgehead atoms. The number of para-hydroxylation sites is 5. The van der Waals surface area contributed by atoms with Crippen LogP contribution >= 0.6 is 0 Å². The zero-order valence-electron chi connectivity index (χ0n) is 50.4. The molecule has 3 nitrogen and oxygen atoms in total. The Hall–Kier alpha value is -7.62. The summed E-state index contributed by atoms with van der Waals surface area (Å²) in [5.74, 6) is 0. The van der Waals surface area contributed by atoms with E-state index in [0.29, 0.717) is 5.69 Å². The third-order valence-electron chi connectivity index (χ3n) is 10.2. The number of rotatable bonds is 5. The first-order valence-electron chi connectivity index (χ1n) is 28.4. The molecule has 0 aliphatic carbocycles. The average Bonchev–Trinajstić information content (AvgIpc) is 3.51. The largest absolute Gasteiger partial charge is 0.309 e. The zero-order chi connectivity index (χ0) is 55.7. The minimum absolute atomic E-state index is 0.138. The Morgan fingerprint density at radius 1 is 0.298 bits per heavy atom. The molecule has 266 valence electrons. The van der Waals surface area contributed by atoms with Gasteiger partial charge in [-0.15, -0.1) is 0 Å². The Labute approximate surface area is 359 Å². The number of nitrogens with zero attached hydrogens (tertiary/aromatic N) is 3. The van der Waals surface area contributed by atoms with Gasteiger partial charge in [0.15, 0.2) is 0 Å². The predicted octanol–water partition coefficient (Wildman–Crippen LogP) is 14.3. The van der Waals surface area contributed by atoms with E-state index in [-0.39, 0.29) is 49.3 Å². The fourth-order valence-electron chi connectivity index (χ4n) is 7.75. The highest BCUT2D eigenvalue weighted by molar-refractivity contribution is 6.16. The quantitative estimate of drug-likeness (QED) is 0.167. The Bertz CT molecular complexity index is 4720. The van der Waals surface area contributed by atoms with Crippen molar-refractivity contribution in [2.24, 2.45) is 0 Å². The van der Waals surface area contributed by atoms with Crippen LogP contribution in [0.4, 0.5) is 0 Å². The third-order valence-corrected chi connectivity index (χ3v) is 10.2. The first-order chi connectivity index (χ1) is 37.1. The number of benzene rings is 9. The zero-order valence-corrected chi connectivity index (χ0v) is 29.4. The van der Waals surface area contributed by atoms with Crippen molar-refractivity contribution in [3.05, 3.63) is 212 Å². The van der Waals surface area contributed by atoms with Gasteiger partial charge in [-0.3, -0.25) is 0 Å². The van der Waals surface area contributed by atoms with Gasteiger partial charge in [-0.1, -0.05) is 139 Å². The SMILES string of the molecule is [2H]c1c([2H])c([2H])c2c(c1[2H])c1c([2H])c(-c3c([2H])c([2H])c4c(c3[2H])c3c([2H])c([2H])c([2H])c([2H])c3n4-c3c([2H])c([2H])c([2H])c4c5c([2H])c([2H])c([2H])c([2H])c5n(-c5ccccc5)c34)c([2H])c([2H])c1n2-c1ccc(-c2ccccc2)cc1. The molecule has 9 aromatic carbocycles. The van der Waals surface area contributed by atoms with Crippen LogP contribution in [0.15, 0.2) is 212 Å². The molecule has 0 fully saturated rings. The Morgan fingerprint density at radius 3 is 1.39 bits per heavy atom. The second-order valence-electron chi connectivity index (χ2n) is 13.3. The third kappa shape index (κ3) is 4.79. The molecule has 0 saturated carbocycles. The molecule has 0 aliphatic rings. The second kappa shape index (κ2) is 12.5. The van der Waals surface area contributed by atoms with Gasteiger partial charge in [0.2, 0.25) is 0 Å². The summed E-state index contributed by atoms with van der Waals surface area (Å²) in [5, 5.41) is -1.84. The molecule has 0 saturated heterocycles. The lowest BCUT2D eigenvalue weighted by Crippen LogP contribution is -2.00. The van der Waals surface area contributed by atoms with E-state index in [0.717, 1.165) is 15.7 Å². The average molecular weight is 747 g/mol. The smallest absolute Gasteiger partial charge is 0.0782 e. The fourth-order valence-corrected chi connectivity index (χ4v) is 7.75. The van der Waals surface area contributed by atoms with Crippen molar-refractivity contribution >= 4 is 65.4 Å². The summed E-state index contributed by atoms with van der Waals surface area (Å²) in [7, 11) is 0. The highest BCUT2D eigenvalue weighted by atomic mass is 15.1. The van der Waals surface area contributed by atoms with E-state index in [2.05, 4.69) is 0 Å². The van der Waals surface area contributed by atoms with Gasteiger partial charge in [-0.2, -0.15) is 0 Å². The molecule has 0 N–H and O–H groups in total. The van der Waals surface area contributed by atoms with E-state index in [9.17, 15) is 17.8 Å². The van der Waals surface area contributed by atoms with E-state index in [1.807, 2.05) is 30.3 Å². The maximum Gasteiger partial charge on any atom is 0.0782 e. The molecule has 57 heavy (non-hydrogen) atoms. The van der Waals surface area contributed by atoms with E-state index in [1.54, 1.807) is 54.6 Å². The van der Waals surface area contributed by atoms with Crippen molar-refractivity contribution in [3.63, 3.8) is 0 Å². The van der Waals surface area contributed by atoms with Crippen molar-refractivity contribution in [1.82, 2.24) is 13.7 Å². The minimum atomic E-state index is -0.871. The van der Waals surface area contributed by atoms with Crippen LogP contribution in [0, 0.1) is 0 Å². The van der Waals surface area contributed by atoms with Crippen LogP contribution in [0.1, 0.15) is 28.8 Å². The van der Waals surface area contributed by atoms with Gasteiger partial charge >= 0.3 is 0 Å². The topological polar surface area (TPSA) is 14.8 Å². The van der Waals surface area contributed by atoms with Crippen LogP contribution in [-0.4, -0.2) is 13.7 Å². The number of hydrogen-bond acceptors (Lipinski definition) is 0. The lowest BCUT2D eigenvalue weighted by Gasteiger charge is -2.14. The Balaban J connectivity index is 1.26. The second-order valence-corrected chi connectivity index (χ2v) is 13.3. The highest BCUT2D eigenvalue weighted by Crippen LogP contribution is 2.41. The number of aromatic nitrogens is 3. The van der Waals surface area contributed by atoms with E-state index in [1.165, 1.54) is 9.13 Å². The lowest BCUT2D eigenvalue weighted by molar-refractivity contribution is 1.13. The summed E-state index contributed by atoms with van der Waals surface area (Å²) in [4.78, 5) is 0. The number of hydrogen-bond donors (Lipinski definition) is 0. The summed E-state index contributed by atoms with van der Waals surface area (Å²) in [6.07, 6.45) is 0. The molecule has 0 spiro atoms. The van der Waals surface area contributed by atoms with Gasteiger partial charge in [-0.25, -0.2) is 0 Å². The van der Waals surface area contributed by atoms with Crippen LogP contribution in [0.25, 0.3) is 105 Å². The van der Waals surface area contributed by atoms with Gasteiger partial charge in [0.05, 0.1) is 67.6 Å². The van der Waals surface area contributed by atoms with Crippen molar-refractivity contribution in [3.8, 4) is 39.3 Å². The molecule has 12 rings (SSSR count). The fraction of sp³-hybridized carbons (Fsp3) is 0. The first kappa shape index (κ1) is 17.5. The summed E-state index contributed by atoms with van der Waals surface area (Å²) >= 11 is 0. The molecule has 0 radical (unpaired) electrons. The van der Waals surface area contributed by atoms with Crippen LogP contribution < -0.4 is 0 Å². The molecule has 0 unspecified atom stereocenters. The molecule has 12 aromatic rings. The molecular formula is C54H35N3. The van der Waals surface area contributed by atoms with Gasteiger partial charge < -0.3 is 13.7 Å². The first-order valence-corrected chi connectivity index (χ1v) is 17.9. The van der Waals surface area contributed by atoms with Gasteiger partial charge in [-0.05, 0) is 94.9 Å². The maximum atomic E-state index is 10.1. The maximum absolute atomic E-state index is 10.1. The van der Waals surface area contributed by atoms with E-state index in [4.69, 9.17) is 11.0 Å². The van der Waals surface area contributed by atoms with Crippen LogP contribution in [0.2, 0.25) is 0 Å². The summed E-state index contributed by atoms with van der Waals surface area (Å²) in [6.45, 7) is 0. The van der Waals surface area contributed by atoms with Crippen LogP contribution in [0.5, 0.6) is 0 Å². The normalized spacial score (nSPS) is 17.0. The Kier molecular flexibility index (Phi) is 3.81. The monoisotopic (exact) mass is 746 g/mol. The molecule has 3 heterocycles. The van der Waals surface area contributed by atoms with Crippen molar-refractivity contribution < 1.29 is 28.8 Å². The van der Waals surface area contributed by atoms with Crippen molar-refractivity contribution in [1.29, 1.82) is 0 Å². The summed E-state index contributed by atoms with van der Waals surface area (Å²) in [6, 6.07) is 9.57. The highest BCUT2D eigenvalue weighted by Gasteiger charge is 2.20. The molecule has 3 aromatic heterocycles. The van der Waals surface area contributed by atoms with Gasteiger partial charge in [0, 0.05) is 43.7 Å². The minimum Gasteiger partial charge on any atom is -0.309 e.